The van der Waals surface area contributed by atoms with Gasteiger partial charge in [-0.05, 0) is 37.1 Å². The van der Waals surface area contributed by atoms with Crippen molar-refractivity contribution in [3.63, 3.8) is 0 Å². The summed E-state index contributed by atoms with van der Waals surface area (Å²) in [5, 5.41) is 2.96. The minimum atomic E-state index is -0.511. The maximum Gasteiger partial charge on any atom is 0.256 e. The van der Waals surface area contributed by atoms with E-state index in [2.05, 4.69) is 10.3 Å². The normalized spacial score (nSPS) is 18.2. The lowest BCUT2D eigenvalue weighted by atomic mass is 9.88. The number of likely N-dealkylation sites (tertiary alicyclic amines) is 1. The highest BCUT2D eigenvalue weighted by Crippen LogP contribution is 2.30. The molecule has 2 atom stereocenters. The molecule has 6 heteroatoms. The zero-order valence-electron chi connectivity index (χ0n) is 14.7. The van der Waals surface area contributed by atoms with Gasteiger partial charge in [-0.1, -0.05) is 18.2 Å². The highest BCUT2D eigenvalue weighted by molar-refractivity contribution is 5.94. The Morgan fingerprint density at radius 2 is 2.00 bits per heavy atom. The van der Waals surface area contributed by atoms with Crippen LogP contribution < -0.4 is 5.32 Å². The van der Waals surface area contributed by atoms with Crippen LogP contribution >= 0.6 is 0 Å². The minimum Gasteiger partial charge on any atom is -0.348 e. The molecule has 0 saturated carbocycles. The molecule has 26 heavy (non-hydrogen) atoms. The molecule has 2 amide bonds. The number of hydrogen-bond donors (Lipinski definition) is 1. The molecule has 1 aromatic heterocycles. The van der Waals surface area contributed by atoms with Crippen LogP contribution in [0.3, 0.4) is 0 Å². The van der Waals surface area contributed by atoms with E-state index in [0.717, 1.165) is 18.5 Å². The van der Waals surface area contributed by atoms with Crippen LogP contribution in [0.5, 0.6) is 0 Å². The number of halogens is 1. The second-order valence-electron chi connectivity index (χ2n) is 6.57. The van der Waals surface area contributed by atoms with Gasteiger partial charge in [-0.3, -0.25) is 14.6 Å². The maximum atomic E-state index is 14.0. The first-order chi connectivity index (χ1) is 12.6. The van der Waals surface area contributed by atoms with E-state index in [4.69, 9.17) is 0 Å². The van der Waals surface area contributed by atoms with Crippen molar-refractivity contribution in [2.75, 3.05) is 13.1 Å². The van der Waals surface area contributed by atoms with Crippen LogP contribution in [0.4, 0.5) is 4.39 Å². The predicted molar refractivity (Wildman–Crippen MR) is 95.8 cm³/mol. The molecule has 1 N–H and O–H groups in total. The maximum absolute atomic E-state index is 14.0. The lowest BCUT2D eigenvalue weighted by Crippen LogP contribution is -2.45. The van der Waals surface area contributed by atoms with E-state index >= 15 is 0 Å². The van der Waals surface area contributed by atoms with Gasteiger partial charge in [0, 0.05) is 32.1 Å². The number of nitrogens with zero attached hydrogens (tertiary/aromatic N) is 2. The Morgan fingerprint density at radius 1 is 1.23 bits per heavy atom. The van der Waals surface area contributed by atoms with Crippen LogP contribution in [0, 0.1) is 11.7 Å². The fraction of sp³-hybridized carbons (Fsp3) is 0.350. The molecule has 136 valence electrons. The van der Waals surface area contributed by atoms with Crippen LogP contribution in [-0.4, -0.2) is 34.8 Å². The van der Waals surface area contributed by atoms with Crippen molar-refractivity contribution in [2.24, 2.45) is 5.92 Å². The Labute approximate surface area is 152 Å². The SMILES string of the molecule is CC(=O)N[C@H](c1ccccn1)[C@H]1CCCN(C(=O)c2ccccc2F)C1. The number of carbonyl (C=O) groups is 2. The van der Waals surface area contributed by atoms with Crippen LogP contribution in [0.15, 0.2) is 48.7 Å². The topological polar surface area (TPSA) is 62.3 Å². The van der Waals surface area contributed by atoms with Crippen LogP contribution in [0.2, 0.25) is 0 Å². The third-order valence-corrected chi connectivity index (χ3v) is 4.69. The summed E-state index contributed by atoms with van der Waals surface area (Å²) in [7, 11) is 0. The lowest BCUT2D eigenvalue weighted by Gasteiger charge is -2.37. The van der Waals surface area contributed by atoms with Crippen molar-refractivity contribution < 1.29 is 14.0 Å². The number of hydrogen-bond acceptors (Lipinski definition) is 3. The van der Waals surface area contributed by atoms with Gasteiger partial charge in [-0.15, -0.1) is 0 Å². The molecule has 2 aromatic rings. The molecular weight excluding hydrogens is 333 g/mol. The van der Waals surface area contributed by atoms with Crippen molar-refractivity contribution in [3.05, 3.63) is 65.7 Å². The second kappa shape index (κ2) is 8.08. The summed E-state index contributed by atoms with van der Waals surface area (Å²) in [6.45, 7) is 2.51. The number of piperidine rings is 1. The molecule has 3 rings (SSSR count). The molecule has 2 heterocycles. The summed E-state index contributed by atoms with van der Waals surface area (Å²) < 4.78 is 14.0. The second-order valence-corrected chi connectivity index (χ2v) is 6.57. The molecule has 0 unspecified atom stereocenters. The lowest BCUT2D eigenvalue weighted by molar-refractivity contribution is -0.120. The van der Waals surface area contributed by atoms with Gasteiger partial charge < -0.3 is 10.2 Å². The first-order valence-electron chi connectivity index (χ1n) is 8.78. The van der Waals surface area contributed by atoms with E-state index in [0.29, 0.717) is 13.1 Å². The van der Waals surface area contributed by atoms with Gasteiger partial charge in [0.2, 0.25) is 5.91 Å². The average molecular weight is 355 g/mol. The Hall–Kier alpha value is -2.76. The number of amides is 2. The van der Waals surface area contributed by atoms with E-state index < -0.39 is 5.82 Å². The van der Waals surface area contributed by atoms with Crippen molar-refractivity contribution in [2.45, 2.75) is 25.8 Å². The zero-order valence-corrected chi connectivity index (χ0v) is 14.7. The summed E-state index contributed by atoms with van der Waals surface area (Å²) in [4.78, 5) is 30.5. The highest BCUT2D eigenvalue weighted by atomic mass is 19.1. The highest BCUT2D eigenvalue weighted by Gasteiger charge is 2.32. The molecule has 0 aliphatic carbocycles. The molecule has 1 fully saturated rings. The number of aromatic nitrogens is 1. The minimum absolute atomic E-state index is 0.0262. The molecule has 1 aliphatic heterocycles. The van der Waals surface area contributed by atoms with Crippen molar-refractivity contribution in [1.82, 2.24) is 15.2 Å². The summed E-state index contributed by atoms with van der Waals surface area (Å²) in [6, 6.07) is 11.3. The monoisotopic (exact) mass is 355 g/mol. The average Bonchev–Trinajstić information content (AvgIpc) is 2.66. The van der Waals surface area contributed by atoms with Gasteiger partial charge in [-0.25, -0.2) is 4.39 Å². The Balaban J connectivity index is 1.80. The van der Waals surface area contributed by atoms with Gasteiger partial charge in [0.05, 0.1) is 17.3 Å². The van der Waals surface area contributed by atoms with E-state index in [1.807, 2.05) is 18.2 Å². The third kappa shape index (κ3) is 4.07. The van der Waals surface area contributed by atoms with Crippen LogP contribution in [-0.2, 0) is 4.79 Å². The number of nitrogens with one attached hydrogen (secondary N) is 1. The quantitative estimate of drug-likeness (QED) is 0.917. The van der Waals surface area contributed by atoms with Crippen LogP contribution in [0.25, 0.3) is 0 Å². The predicted octanol–water partition coefficient (Wildman–Crippen LogP) is 2.95. The summed E-state index contributed by atoms with van der Waals surface area (Å²) in [6.07, 6.45) is 3.35. The molecule has 0 radical (unpaired) electrons. The fourth-order valence-corrected chi connectivity index (χ4v) is 3.48. The first kappa shape index (κ1) is 18.0. The fourth-order valence-electron chi connectivity index (χ4n) is 3.48. The van der Waals surface area contributed by atoms with Crippen molar-refractivity contribution >= 4 is 11.8 Å². The summed E-state index contributed by atoms with van der Waals surface area (Å²) in [5.74, 6) is -0.936. The van der Waals surface area contributed by atoms with Gasteiger partial charge in [0.1, 0.15) is 5.82 Å². The number of pyridine rings is 1. The van der Waals surface area contributed by atoms with Gasteiger partial charge in [0.15, 0.2) is 0 Å². The summed E-state index contributed by atoms with van der Waals surface area (Å²) in [5.41, 5.74) is 0.856. The molecule has 1 aliphatic rings. The molecular formula is C20H22FN3O2. The smallest absolute Gasteiger partial charge is 0.256 e. The van der Waals surface area contributed by atoms with E-state index in [1.54, 1.807) is 23.2 Å². The standard InChI is InChI=1S/C20H22FN3O2/c1-14(25)23-19(18-10-4-5-11-22-18)15-7-6-12-24(13-15)20(26)16-8-2-3-9-17(16)21/h2-5,8-11,15,19H,6-7,12-13H2,1H3,(H,23,25)/t15-,19-/m0/s1. The van der Waals surface area contributed by atoms with Gasteiger partial charge in [0.25, 0.3) is 5.91 Å². The molecule has 1 saturated heterocycles. The number of rotatable bonds is 4. The van der Waals surface area contributed by atoms with E-state index in [1.165, 1.54) is 19.1 Å². The molecule has 0 bridgehead atoms. The third-order valence-electron chi connectivity index (χ3n) is 4.69. The Morgan fingerprint density at radius 3 is 2.69 bits per heavy atom. The van der Waals surface area contributed by atoms with E-state index in [9.17, 15) is 14.0 Å². The van der Waals surface area contributed by atoms with E-state index in [-0.39, 0.29) is 29.3 Å². The van der Waals surface area contributed by atoms with Gasteiger partial charge >= 0.3 is 0 Å². The number of carbonyl (C=O) groups excluding carboxylic acids is 2. The molecule has 5 nitrogen and oxygen atoms in total. The zero-order chi connectivity index (χ0) is 18.5. The van der Waals surface area contributed by atoms with Crippen molar-refractivity contribution in [3.8, 4) is 0 Å². The Kier molecular flexibility index (Phi) is 5.61. The first-order valence-corrected chi connectivity index (χ1v) is 8.78. The van der Waals surface area contributed by atoms with Crippen molar-refractivity contribution in [1.29, 1.82) is 0 Å². The molecule has 1 aromatic carbocycles. The Bertz CT molecular complexity index is 782. The largest absolute Gasteiger partial charge is 0.348 e. The van der Waals surface area contributed by atoms with Crippen LogP contribution in [0.1, 0.15) is 41.9 Å². The molecule has 0 spiro atoms. The van der Waals surface area contributed by atoms with Gasteiger partial charge in [-0.2, -0.15) is 0 Å². The number of benzene rings is 1. The summed E-state index contributed by atoms with van der Waals surface area (Å²) >= 11 is 0.